The largest absolute Gasteiger partial charge is 0.378 e. The van der Waals surface area contributed by atoms with Gasteiger partial charge in [0.1, 0.15) is 16.5 Å². The molecule has 1 amide bonds. The molecule has 1 fully saturated rings. The van der Waals surface area contributed by atoms with Crippen molar-refractivity contribution in [3.8, 4) is 0 Å². The van der Waals surface area contributed by atoms with Crippen LogP contribution in [-0.2, 0) is 11.3 Å². The average molecular weight is 333 g/mol. The van der Waals surface area contributed by atoms with Crippen LogP contribution in [0.2, 0.25) is 0 Å². The first kappa shape index (κ1) is 15.8. The summed E-state index contributed by atoms with van der Waals surface area (Å²) in [6.45, 7) is 7.09. The second kappa shape index (κ2) is 7.01. The van der Waals surface area contributed by atoms with Crippen molar-refractivity contribution in [1.82, 2.24) is 20.3 Å². The van der Waals surface area contributed by atoms with Gasteiger partial charge >= 0.3 is 0 Å². The predicted molar refractivity (Wildman–Crippen MR) is 87.8 cm³/mol. The summed E-state index contributed by atoms with van der Waals surface area (Å²) in [5, 5.41) is 3.75. The van der Waals surface area contributed by atoms with Crippen LogP contribution < -0.4 is 10.2 Å². The van der Waals surface area contributed by atoms with Gasteiger partial charge in [-0.25, -0.2) is 15.0 Å². The maximum Gasteiger partial charge on any atom is 0.263 e. The van der Waals surface area contributed by atoms with Crippen LogP contribution in [0.25, 0.3) is 0 Å². The number of morpholine rings is 1. The van der Waals surface area contributed by atoms with Gasteiger partial charge in [-0.15, -0.1) is 11.3 Å². The molecule has 1 aliphatic rings. The van der Waals surface area contributed by atoms with Gasteiger partial charge in [0.15, 0.2) is 0 Å². The Bertz CT molecular complexity index is 697. The van der Waals surface area contributed by atoms with Gasteiger partial charge in [0.05, 0.1) is 30.5 Å². The molecule has 0 spiro atoms. The summed E-state index contributed by atoms with van der Waals surface area (Å²) in [6, 6.07) is 1.88. The quantitative estimate of drug-likeness (QED) is 0.909. The number of carbonyl (C=O) groups excluding carboxylic acids is 1. The van der Waals surface area contributed by atoms with E-state index in [-0.39, 0.29) is 5.91 Å². The molecule has 2 aromatic heterocycles. The Morgan fingerprint density at radius 1 is 1.35 bits per heavy atom. The topological polar surface area (TPSA) is 80.2 Å². The SMILES string of the molecule is Cc1nc(C)c(C(=O)NCc2nccc(N3CCOCC3)n2)s1. The second-order valence-electron chi connectivity index (χ2n) is 5.26. The lowest BCUT2D eigenvalue weighted by Gasteiger charge is -2.27. The number of carbonyl (C=O) groups is 1. The Morgan fingerprint density at radius 3 is 2.83 bits per heavy atom. The van der Waals surface area contributed by atoms with Gasteiger partial charge in [-0.2, -0.15) is 0 Å². The third-order valence-electron chi connectivity index (χ3n) is 3.54. The highest BCUT2D eigenvalue weighted by Gasteiger charge is 2.15. The molecule has 0 bridgehead atoms. The van der Waals surface area contributed by atoms with Crippen LogP contribution in [0.4, 0.5) is 5.82 Å². The minimum absolute atomic E-state index is 0.131. The first-order chi connectivity index (χ1) is 11.1. The van der Waals surface area contributed by atoms with Crippen LogP contribution in [0.15, 0.2) is 12.3 Å². The lowest BCUT2D eigenvalue weighted by molar-refractivity contribution is 0.0953. The molecule has 0 radical (unpaired) electrons. The van der Waals surface area contributed by atoms with E-state index in [2.05, 4.69) is 25.2 Å². The zero-order valence-electron chi connectivity index (χ0n) is 13.2. The number of hydrogen-bond acceptors (Lipinski definition) is 7. The van der Waals surface area contributed by atoms with Gasteiger partial charge in [-0.05, 0) is 19.9 Å². The van der Waals surface area contributed by atoms with E-state index in [1.54, 1.807) is 6.20 Å². The molecular formula is C15H19N5O2S. The number of anilines is 1. The standard InChI is InChI=1S/C15H19N5O2S/c1-10-14(23-11(2)18-10)15(21)17-9-12-16-4-3-13(19-12)20-5-7-22-8-6-20/h3-4H,5-9H2,1-2H3,(H,17,21). The van der Waals surface area contributed by atoms with Gasteiger partial charge in [0, 0.05) is 19.3 Å². The molecule has 1 aliphatic heterocycles. The van der Waals surface area contributed by atoms with Crippen LogP contribution in [0, 0.1) is 13.8 Å². The minimum atomic E-state index is -0.131. The van der Waals surface area contributed by atoms with Crippen molar-refractivity contribution in [2.24, 2.45) is 0 Å². The number of aromatic nitrogens is 3. The van der Waals surface area contributed by atoms with Crippen LogP contribution >= 0.6 is 11.3 Å². The van der Waals surface area contributed by atoms with E-state index >= 15 is 0 Å². The smallest absolute Gasteiger partial charge is 0.263 e. The van der Waals surface area contributed by atoms with E-state index in [9.17, 15) is 4.79 Å². The molecule has 8 heteroatoms. The first-order valence-corrected chi connectivity index (χ1v) is 8.32. The predicted octanol–water partition coefficient (Wildman–Crippen LogP) is 1.32. The summed E-state index contributed by atoms with van der Waals surface area (Å²) in [5.41, 5.74) is 0.757. The molecule has 1 N–H and O–H groups in total. The van der Waals surface area contributed by atoms with Gasteiger partial charge in [0.25, 0.3) is 5.91 Å². The molecule has 0 saturated carbocycles. The molecule has 2 aromatic rings. The number of rotatable bonds is 4. The molecule has 0 atom stereocenters. The molecule has 3 rings (SSSR count). The molecular weight excluding hydrogens is 314 g/mol. The second-order valence-corrected chi connectivity index (χ2v) is 6.46. The van der Waals surface area contributed by atoms with Crippen molar-refractivity contribution < 1.29 is 9.53 Å². The summed E-state index contributed by atoms with van der Waals surface area (Å²) >= 11 is 1.40. The van der Waals surface area contributed by atoms with E-state index in [4.69, 9.17) is 4.74 Å². The van der Waals surface area contributed by atoms with Crippen LogP contribution in [0.3, 0.4) is 0 Å². The molecule has 1 saturated heterocycles. The van der Waals surface area contributed by atoms with Gasteiger partial charge in [-0.3, -0.25) is 4.79 Å². The highest BCUT2D eigenvalue weighted by molar-refractivity contribution is 7.13. The number of nitrogens with one attached hydrogen (secondary N) is 1. The van der Waals surface area contributed by atoms with Crippen LogP contribution in [-0.4, -0.2) is 47.2 Å². The Morgan fingerprint density at radius 2 is 2.13 bits per heavy atom. The van der Waals surface area contributed by atoms with Crippen molar-refractivity contribution in [1.29, 1.82) is 0 Å². The zero-order valence-corrected chi connectivity index (χ0v) is 14.0. The molecule has 3 heterocycles. The van der Waals surface area contributed by atoms with Crippen molar-refractivity contribution >= 4 is 23.1 Å². The third kappa shape index (κ3) is 3.83. The number of aryl methyl sites for hydroxylation is 2. The minimum Gasteiger partial charge on any atom is -0.378 e. The third-order valence-corrected chi connectivity index (χ3v) is 4.61. The van der Waals surface area contributed by atoms with Gasteiger partial charge in [-0.1, -0.05) is 0 Å². The lowest BCUT2D eigenvalue weighted by Crippen LogP contribution is -2.37. The average Bonchev–Trinajstić information content (AvgIpc) is 2.92. The highest BCUT2D eigenvalue weighted by Crippen LogP contribution is 2.17. The summed E-state index contributed by atoms with van der Waals surface area (Å²) in [4.78, 5) is 28.0. The summed E-state index contributed by atoms with van der Waals surface area (Å²) in [5.74, 6) is 1.34. The van der Waals surface area contributed by atoms with E-state index in [0.717, 1.165) is 29.6 Å². The summed E-state index contributed by atoms with van der Waals surface area (Å²) in [6.07, 6.45) is 1.72. The van der Waals surface area contributed by atoms with Crippen molar-refractivity contribution in [3.63, 3.8) is 0 Å². The van der Waals surface area contributed by atoms with Crippen molar-refractivity contribution in [3.05, 3.63) is 33.7 Å². The number of nitrogens with zero attached hydrogens (tertiary/aromatic N) is 4. The number of hydrogen-bond donors (Lipinski definition) is 1. The zero-order chi connectivity index (χ0) is 16.2. The maximum atomic E-state index is 12.2. The fourth-order valence-corrected chi connectivity index (χ4v) is 3.26. The Kier molecular flexibility index (Phi) is 4.82. The number of ether oxygens (including phenoxy) is 1. The fraction of sp³-hybridized carbons (Fsp3) is 0.467. The summed E-state index contributed by atoms with van der Waals surface area (Å²) < 4.78 is 5.35. The monoisotopic (exact) mass is 333 g/mol. The first-order valence-electron chi connectivity index (χ1n) is 7.50. The molecule has 0 aliphatic carbocycles. The molecule has 0 unspecified atom stereocenters. The van der Waals surface area contributed by atoms with E-state index in [0.29, 0.717) is 30.5 Å². The lowest BCUT2D eigenvalue weighted by atomic mass is 10.3. The number of amides is 1. The van der Waals surface area contributed by atoms with E-state index in [1.807, 2.05) is 19.9 Å². The molecule has 122 valence electrons. The normalized spacial score (nSPS) is 14.8. The van der Waals surface area contributed by atoms with E-state index in [1.165, 1.54) is 11.3 Å². The molecule has 7 nitrogen and oxygen atoms in total. The Balaban J connectivity index is 1.64. The van der Waals surface area contributed by atoms with Crippen LogP contribution in [0.5, 0.6) is 0 Å². The highest BCUT2D eigenvalue weighted by atomic mass is 32.1. The van der Waals surface area contributed by atoms with Gasteiger partial charge in [0.2, 0.25) is 0 Å². The maximum absolute atomic E-state index is 12.2. The number of thiazole rings is 1. The van der Waals surface area contributed by atoms with Gasteiger partial charge < -0.3 is 15.0 Å². The van der Waals surface area contributed by atoms with Crippen molar-refractivity contribution in [2.45, 2.75) is 20.4 Å². The van der Waals surface area contributed by atoms with E-state index < -0.39 is 0 Å². The fourth-order valence-electron chi connectivity index (χ4n) is 2.42. The van der Waals surface area contributed by atoms with Crippen molar-refractivity contribution in [2.75, 3.05) is 31.2 Å². The molecule has 23 heavy (non-hydrogen) atoms. The van der Waals surface area contributed by atoms with Crippen LogP contribution in [0.1, 0.15) is 26.2 Å². The Labute approximate surface area is 138 Å². The Hall–Kier alpha value is -2.06. The summed E-state index contributed by atoms with van der Waals surface area (Å²) in [7, 11) is 0. The molecule has 0 aromatic carbocycles.